The average Bonchev–Trinajstić information content (AvgIpc) is 2.76. The van der Waals surface area contributed by atoms with Crippen LogP contribution in [0.25, 0.3) is 5.69 Å². The minimum Gasteiger partial charge on any atom is -0.466 e. The fraction of sp³-hybridized carbons (Fsp3) is 0.476. The van der Waals surface area contributed by atoms with E-state index in [0.29, 0.717) is 30.1 Å². The van der Waals surface area contributed by atoms with Gasteiger partial charge in [-0.3, -0.25) is 19.0 Å². The molecule has 1 aliphatic heterocycles. The fourth-order valence-corrected chi connectivity index (χ4v) is 3.75. The van der Waals surface area contributed by atoms with Gasteiger partial charge in [0, 0.05) is 24.7 Å². The first kappa shape index (κ1) is 22.7. The highest BCUT2D eigenvalue weighted by molar-refractivity contribution is 6.31. The van der Waals surface area contributed by atoms with Gasteiger partial charge < -0.3 is 9.64 Å². The van der Waals surface area contributed by atoms with E-state index in [9.17, 15) is 19.2 Å². The molecule has 10 heteroatoms. The van der Waals surface area contributed by atoms with Crippen LogP contribution in [0.3, 0.4) is 0 Å². The van der Waals surface area contributed by atoms with Crippen LogP contribution in [0.15, 0.2) is 27.8 Å². The highest BCUT2D eigenvalue weighted by Crippen LogP contribution is 2.20. The third-order valence-electron chi connectivity index (χ3n) is 5.31. The van der Waals surface area contributed by atoms with E-state index >= 15 is 0 Å². The Balaban J connectivity index is 2.03. The Hall–Kier alpha value is -2.94. The van der Waals surface area contributed by atoms with Crippen molar-refractivity contribution in [2.75, 3.05) is 19.7 Å². The lowest BCUT2D eigenvalue weighted by Crippen LogP contribution is -2.49. The lowest BCUT2D eigenvalue weighted by atomic mass is 9.98. The summed E-state index contributed by atoms with van der Waals surface area (Å²) in [6.45, 7) is 6.04. The van der Waals surface area contributed by atoms with E-state index in [-0.39, 0.29) is 31.4 Å². The van der Waals surface area contributed by atoms with Gasteiger partial charge in [0.2, 0.25) is 5.69 Å². The number of aromatic nitrogens is 3. The van der Waals surface area contributed by atoms with Crippen LogP contribution in [0.5, 0.6) is 0 Å². The van der Waals surface area contributed by atoms with Gasteiger partial charge in [-0.15, -0.1) is 0 Å². The second-order valence-electron chi connectivity index (χ2n) is 7.37. The molecular formula is C21H25ClN4O5. The molecule has 166 valence electrons. The molecule has 0 N–H and O–H groups in total. The normalized spacial score (nSPS) is 16.3. The first-order chi connectivity index (χ1) is 14.8. The van der Waals surface area contributed by atoms with Crippen LogP contribution in [-0.4, -0.2) is 50.8 Å². The van der Waals surface area contributed by atoms with E-state index in [1.807, 2.05) is 6.92 Å². The highest BCUT2D eigenvalue weighted by atomic mass is 35.5. The zero-order valence-corrected chi connectivity index (χ0v) is 18.5. The van der Waals surface area contributed by atoms with Crippen LogP contribution in [0, 0.1) is 12.8 Å². The Kier molecular flexibility index (Phi) is 6.94. The zero-order valence-electron chi connectivity index (χ0n) is 17.8. The maximum Gasteiger partial charge on any atom is 0.352 e. The lowest BCUT2D eigenvalue weighted by Gasteiger charge is -2.31. The number of likely N-dealkylation sites (tertiary alicyclic amines) is 1. The minimum absolute atomic E-state index is 0.0749. The van der Waals surface area contributed by atoms with Crippen molar-refractivity contribution in [1.29, 1.82) is 0 Å². The van der Waals surface area contributed by atoms with E-state index in [2.05, 4.69) is 5.10 Å². The second-order valence-corrected chi connectivity index (χ2v) is 7.78. The predicted molar refractivity (Wildman–Crippen MR) is 115 cm³/mol. The second kappa shape index (κ2) is 9.47. The molecule has 0 unspecified atom stereocenters. The van der Waals surface area contributed by atoms with Crippen LogP contribution in [0.2, 0.25) is 5.02 Å². The van der Waals surface area contributed by atoms with E-state index in [0.717, 1.165) is 14.8 Å². The molecule has 31 heavy (non-hydrogen) atoms. The van der Waals surface area contributed by atoms with Gasteiger partial charge >= 0.3 is 11.7 Å². The SMILES string of the molecule is CCOC(=O)[C@H]1CCCN(C(=O)c2nn(-c3ccc(C)c(Cl)c3)c(=O)n(CC)c2=O)C1. The number of ether oxygens (including phenoxy) is 1. The van der Waals surface area contributed by atoms with E-state index in [4.69, 9.17) is 16.3 Å². The van der Waals surface area contributed by atoms with Crippen molar-refractivity contribution in [2.45, 2.75) is 40.2 Å². The monoisotopic (exact) mass is 448 g/mol. The number of carbonyl (C=O) groups is 2. The summed E-state index contributed by atoms with van der Waals surface area (Å²) in [6.07, 6.45) is 1.21. The summed E-state index contributed by atoms with van der Waals surface area (Å²) in [5, 5.41) is 4.54. The molecule has 1 aromatic heterocycles. The van der Waals surface area contributed by atoms with Crippen LogP contribution >= 0.6 is 11.6 Å². The molecule has 0 aliphatic carbocycles. The standard InChI is InChI=1S/C21H25ClN4O5/c1-4-25-19(28)17(18(27)24-10-6-7-14(12-24)20(29)31-5-2)23-26(21(25)30)15-9-8-13(3)16(22)11-15/h8-9,11,14H,4-7,10,12H2,1-3H3/t14-/m0/s1. The zero-order chi connectivity index (χ0) is 22.7. The number of aryl methyl sites for hydroxylation is 1. The molecule has 2 aromatic rings. The summed E-state index contributed by atoms with van der Waals surface area (Å²) in [5.74, 6) is -1.43. The smallest absolute Gasteiger partial charge is 0.352 e. The highest BCUT2D eigenvalue weighted by Gasteiger charge is 2.32. The van der Waals surface area contributed by atoms with Gasteiger partial charge in [0.25, 0.3) is 11.5 Å². The Bertz CT molecular complexity index is 1120. The number of hydrogen-bond acceptors (Lipinski definition) is 6. The number of hydrogen-bond donors (Lipinski definition) is 0. The lowest BCUT2D eigenvalue weighted by molar-refractivity contribution is -0.149. The van der Waals surface area contributed by atoms with Crippen molar-refractivity contribution in [1.82, 2.24) is 19.2 Å². The summed E-state index contributed by atoms with van der Waals surface area (Å²) in [6, 6.07) is 4.93. The maximum atomic E-state index is 13.2. The van der Waals surface area contributed by atoms with Gasteiger partial charge in [-0.1, -0.05) is 17.7 Å². The van der Waals surface area contributed by atoms with Gasteiger partial charge in [0.05, 0.1) is 18.2 Å². The molecule has 1 saturated heterocycles. The molecule has 1 aliphatic rings. The Morgan fingerprint density at radius 1 is 1.26 bits per heavy atom. The van der Waals surface area contributed by atoms with Crippen LogP contribution in [0.1, 0.15) is 42.7 Å². The number of nitrogens with zero attached hydrogens (tertiary/aromatic N) is 4. The van der Waals surface area contributed by atoms with Crippen LogP contribution in [0.4, 0.5) is 0 Å². The van der Waals surface area contributed by atoms with Crippen molar-refractivity contribution in [3.63, 3.8) is 0 Å². The molecule has 0 radical (unpaired) electrons. The summed E-state index contributed by atoms with van der Waals surface area (Å²) in [5.41, 5.74) is -0.628. The van der Waals surface area contributed by atoms with E-state index < -0.39 is 23.1 Å². The third kappa shape index (κ3) is 4.56. The average molecular weight is 449 g/mol. The number of halogens is 1. The van der Waals surface area contributed by atoms with Crippen LogP contribution < -0.4 is 11.2 Å². The van der Waals surface area contributed by atoms with E-state index in [1.165, 1.54) is 4.90 Å². The first-order valence-electron chi connectivity index (χ1n) is 10.2. The number of rotatable bonds is 5. The fourth-order valence-electron chi connectivity index (χ4n) is 3.57. The van der Waals surface area contributed by atoms with Crippen molar-refractivity contribution >= 4 is 23.5 Å². The Morgan fingerprint density at radius 2 is 2.00 bits per heavy atom. The summed E-state index contributed by atoms with van der Waals surface area (Å²) >= 11 is 6.19. The predicted octanol–water partition coefficient (Wildman–Crippen LogP) is 1.79. The molecule has 9 nitrogen and oxygen atoms in total. The number of benzene rings is 1. The number of piperidine rings is 1. The number of carbonyl (C=O) groups excluding carboxylic acids is 2. The molecule has 0 saturated carbocycles. The minimum atomic E-state index is -0.759. The molecule has 2 heterocycles. The van der Waals surface area contributed by atoms with Crippen LogP contribution in [-0.2, 0) is 16.1 Å². The molecule has 1 aromatic carbocycles. The number of amides is 1. The molecule has 1 fully saturated rings. The van der Waals surface area contributed by atoms with Crippen molar-refractivity contribution in [3.8, 4) is 5.69 Å². The molecule has 1 amide bonds. The number of esters is 1. The van der Waals surface area contributed by atoms with Gasteiger partial charge in [-0.25, -0.2) is 4.79 Å². The quantitative estimate of drug-likeness (QED) is 0.646. The summed E-state index contributed by atoms with van der Waals surface area (Å²) < 4.78 is 7.04. The van der Waals surface area contributed by atoms with Gasteiger partial charge in [-0.2, -0.15) is 9.78 Å². The molecule has 3 rings (SSSR count). The molecule has 0 spiro atoms. The summed E-state index contributed by atoms with van der Waals surface area (Å²) in [7, 11) is 0. The largest absolute Gasteiger partial charge is 0.466 e. The van der Waals surface area contributed by atoms with Crippen molar-refractivity contribution in [2.24, 2.45) is 5.92 Å². The molecular weight excluding hydrogens is 424 g/mol. The summed E-state index contributed by atoms with van der Waals surface area (Å²) in [4.78, 5) is 52.4. The third-order valence-corrected chi connectivity index (χ3v) is 5.71. The van der Waals surface area contributed by atoms with Crippen molar-refractivity contribution in [3.05, 3.63) is 55.3 Å². The van der Waals surface area contributed by atoms with Crippen molar-refractivity contribution < 1.29 is 14.3 Å². The maximum absolute atomic E-state index is 13.2. The van der Waals surface area contributed by atoms with Gasteiger partial charge in [-0.05, 0) is 51.3 Å². The first-order valence-corrected chi connectivity index (χ1v) is 10.6. The molecule has 0 bridgehead atoms. The topological polar surface area (TPSA) is 104 Å². The van der Waals surface area contributed by atoms with E-state index in [1.54, 1.807) is 32.0 Å². The Morgan fingerprint density at radius 3 is 2.65 bits per heavy atom. The van der Waals surface area contributed by atoms with Gasteiger partial charge in [0.1, 0.15) is 0 Å². The Labute approximate surface area is 184 Å². The molecule has 1 atom stereocenters. The van der Waals surface area contributed by atoms with Gasteiger partial charge in [0.15, 0.2) is 0 Å².